The maximum atomic E-state index is 13.9. The molecule has 0 spiro atoms. The highest BCUT2D eigenvalue weighted by atomic mass is 19.1. The van der Waals surface area contributed by atoms with Gasteiger partial charge in [0.05, 0.1) is 23.8 Å². The Kier molecular flexibility index (Phi) is 8.06. The molecule has 4 aliphatic rings. The maximum absolute atomic E-state index is 13.9. The molecule has 1 N–H and O–H groups in total. The van der Waals surface area contributed by atoms with Crippen molar-refractivity contribution in [1.82, 2.24) is 15.1 Å². The van der Waals surface area contributed by atoms with Gasteiger partial charge in [-0.1, -0.05) is 37.6 Å². The predicted molar refractivity (Wildman–Crippen MR) is 159 cm³/mol. The Morgan fingerprint density at radius 3 is 2.29 bits per heavy atom. The summed E-state index contributed by atoms with van der Waals surface area (Å²) >= 11 is 0. The van der Waals surface area contributed by atoms with Crippen LogP contribution in [0, 0.1) is 23.6 Å². The van der Waals surface area contributed by atoms with Crippen LogP contribution in [0.1, 0.15) is 69.4 Å². The molecule has 0 unspecified atom stereocenters. The van der Waals surface area contributed by atoms with Gasteiger partial charge in [0.25, 0.3) is 0 Å². The van der Waals surface area contributed by atoms with E-state index < -0.39 is 0 Å². The normalized spacial score (nSPS) is 24.1. The van der Waals surface area contributed by atoms with E-state index >= 15 is 0 Å². The Bertz CT molecular complexity index is 1470. The highest BCUT2D eigenvalue weighted by Gasteiger charge is 2.51. The number of nitrogens with one attached hydrogen (secondary N) is 1. The Balaban J connectivity index is 1.22. The van der Waals surface area contributed by atoms with Crippen molar-refractivity contribution >= 4 is 22.9 Å². The Labute approximate surface area is 246 Å². The molecule has 4 aliphatic carbocycles. The largest absolute Gasteiger partial charge is 0.464 e. The van der Waals surface area contributed by atoms with Crippen molar-refractivity contribution in [3.8, 4) is 0 Å². The third-order valence-corrected chi connectivity index (χ3v) is 9.56. The zero-order valence-corrected chi connectivity index (χ0v) is 24.3. The molecular weight excluding hydrogens is 533 g/mol. The minimum Gasteiger partial charge on any atom is -0.464 e. The van der Waals surface area contributed by atoms with Gasteiger partial charge in [0.2, 0.25) is 5.91 Å². The molecule has 4 saturated carbocycles. The van der Waals surface area contributed by atoms with Gasteiger partial charge in [-0.25, -0.2) is 9.18 Å². The molecule has 2 aromatic carbocycles. The van der Waals surface area contributed by atoms with Gasteiger partial charge in [0.1, 0.15) is 17.9 Å². The van der Waals surface area contributed by atoms with E-state index in [4.69, 9.17) is 4.42 Å². The third kappa shape index (κ3) is 6.08. The topological polar surface area (TPSA) is 82.9 Å². The van der Waals surface area contributed by atoms with E-state index in [-0.39, 0.29) is 48.4 Å². The first-order chi connectivity index (χ1) is 20.3. The lowest BCUT2D eigenvalue weighted by atomic mass is 9.53. The van der Waals surface area contributed by atoms with E-state index in [9.17, 15) is 18.8 Å². The maximum Gasteiger partial charge on any atom is 0.318 e. The van der Waals surface area contributed by atoms with Crippen molar-refractivity contribution in [2.75, 3.05) is 13.1 Å². The summed E-state index contributed by atoms with van der Waals surface area (Å²) in [4.78, 5) is 44.2. The van der Waals surface area contributed by atoms with Crippen LogP contribution in [-0.2, 0) is 17.9 Å². The second-order valence-electron chi connectivity index (χ2n) is 12.9. The Morgan fingerprint density at radius 1 is 0.952 bits per heavy atom. The van der Waals surface area contributed by atoms with E-state index in [0.29, 0.717) is 40.8 Å². The molecule has 7 nitrogen and oxygen atoms in total. The number of benzene rings is 2. The number of unbranched alkanes of at least 4 members (excludes halogenated alkanes) is 1. The number of amides is 3. The molecule has 1 aromatic heterocycles. The summed E-state index contributed by atoms with van der Waals surface area (Å²) in [5, 5.41) is 3.87. The number of hydrogen-bond donors (Lipinski definition) is 1. The van der Waals surface area contributed by atoms with E-state index in [1.54, 1.807) is 46.2 Å². The molecule has 7 rings (SSSR count). The minimum atomic E-state index is -0.362. The van der Waals surface area contributed by atoms with Crippen LogP contribution < -0.4 is 10.7 Å². The Hall–Kier alpha value is -3.68. The molecule has 0 atom stereocenters. The quantitative estimate of drug-likeness (QED) is 0.311. The van der Waals surface area contributed by atoms with E-state index in [2.05, 4.69) is 12.2 Å². The van der Waals surface area contributed by atoms with Crippen LogP contribution in [0.5, 0.6) is 0 Å². The second-order valence-corrected chi connectivity index (χ2v) is 12.9. The van der Waals surface area contributed by atoms with Crippen LogP contribution in [-0.4, -0.2) is 40.4 Å². The van der Waals surface area contributed by atoms with E-state index in [0.717, 1.165) is 37.7 Å². The van der Waals surface area contributed by atoms with Crippen LogP contribution in [0.2, 0.25) is 0 Å². The number of halogens is 1. The summed E-state index contributed by atoms with van der Waals surface area (Å²) in [6, 6.07) is 12.8. The van der Waals surface area contributed by atoms with Gasteiger partial charge in [-0.05, 0) is 92.5 Å². The molecule has 4 bridgehead atoms. The number of para-hydroxylation sites is 1. The van der Waals surface area contributed by atoms with Crippen molar-refractivity contribution in [2.24, 2.45) is 17.8 Å². The molecule has 0 radical (unpaired) electrons. The van der Waals surface area contributed by atoms with Crippen LogP contribution in [0.3, 0.4) is 0 Å². The lowest BCUT2D eigenvalue weighted by molar-refractivity contribution is -0.133. The predicted octanol–water partition coefficient (Wildman–Crippen LogP) is 6.24. The summed E-state index contributed by atoms with van der Waals surface area (Å²) in [5.74, 6) is 1.45. The molecule has 222 valence electrons. The molecule has 0 aliphatic heterocycles. The number of carbonyl (C=O) groups is 2. The van der Waals surface area contributed by atoms with Gasteiger partial charge >= 0.3 is 6.03 Å². The number of hydrogen-bond acceptors (Lipinski definition) is 4. The second kappa shape index (κ2) is 11.9. The summed E-state index contributed by atoms with van der Waals surface area (Å²) in [6.07, 6.45) is 10.1. The number of carbonyl (C=O) groups excluding carboxylic acids is 2. The van der Waals surface area contributed by atoms with Gasteiger partial charge in [0, 0.05) is 18.6 Å². The van der Waals surface area contributed by atoms with Crippen LogP contribution in [0.15, 0.2) is 64.0 Å². The third-order valence-electron chi connectivity index (χ3n) is 9.56. The zero-order valence-electron chi connectivity index (χ0n) is 24.3. The van der Waals surface area contributed by atoms with E-state index in [1.807, 2.05) is 0 Å². The fourth-order valence-electron chi connectivity index (χ4n) is 7.91. The van der Waals surface area contributed by atoms with Crippen LogP contribution in [0.25, 0.3) is 11.0 Å². The van der Waals surface area contributed by atoms with Gasteiger partial charge < -0.3 is 19.5 Å². The highest BCUT2D eigenvalue weighted by Crippen LogP contribution is 2.55. The molecular formula is C34H40FN3O4. The SMILES string of the molecule is CCCCN(CC(=O)N(Cc1ccc(F)cc1)Cc1coc2ccccc2c1=O)C(=O)NC12CC3CC(CC(C3)C1)C2. The summed E-state index contributed by atoms with van der Waals surface area (Å²) < 4.78 is 19.3. The van der Waals surface area contributed by atoms with Gasteiger partial charge in [-0.15, -0.1) is 0 Å². The highest BCUT2D eigenvalue weighted by molar-refractivity contribution is 5.84. The lowest BCUT2D eigenvalue weighted by Crippen LogP contribution is -2.62. The first kappa shape index (κ1) is 28.4. The number of rotatable bonds is 10. The molecule has 3 amide bonds. The van der Waals surface area contributed by atoms with Gasteiger partial charge in [-0.2, -0.15) is 0 Å². The van der Waals surface area contributed by atoms with Gasteiger partial charge in [0.15, 0.2) is 5.43 Å². The van der Waals surface area contributed by atoms with Crippen molar-refractivity contribution in [3.63, 3.8) is 0 Å². The fourth-order valence-corrected chi connectivity index (χ4v) is 7.91. The average Bonchev–Trinajstić information content (AvgIpc) is 2.96. The summed E-state index contributed by atoms with van der Waals surface area (Å²) in [7, 11) is 0. The smallest absolute Gasteiger partial charge is 0.318 e. The number of nitrogens with zero attached hydrogens (tertiary/aromatic N) is 2. The van der Waals surface area contributed by atoms with Crippen LogP contribution in [0.4, 0.5) is 9.18 Å². The molecule has 3 aromatic rings. The van der Waals surface area contributed by atoms with Crippen molar-refractivity contribution in [2.45, 2.75) is 76.9 Å². The fraction of sp³-hybridized carbons (Fsp3) is 0.500. The minimum absolute atomic E-state index is 0.0155. The van der Waals surface area contributed by atoms with Crippen molar-refractivity contribution < 1.29 is 18.4 Å². The zero-order chi connectivity index (χ0) is 29.3. The van der Waals surface area contributed by atoms with Crippen molar-refractivity contribution in [3.05, 3.63) is 82.0 Å². The molecule has 0 saturated heterocycles. The monoisotopic (exact) mass is 573 g/mol. The first-order valence-corrected chi connectivity index (χ1v) is 15.4. The van der Waals surface area contributed by atoms with Crippen molar-refractivity contribution in [1.29, 1.82) is 0 Å². The molecule has 42 heavy (non-hydrogen) atoms. The lowest BCUT2D eigenvalue weighted by Gasteiger charge is -2.57. The number of urea groups is 1. The van der Waals surface area contributed by atoms with Crippen LogP contribution >= 0.6 is 0 Å². The summed E-state index contributed by atoms with van der Waals surface area (Å²) in [5.41, 5.74) is 1.21. The van der Waals surface area contributed by atoms with Gasteiger partial charge in [-0.3, -0.25) is 9.59 Å². The number of fused-ring (bicyclic) bond motifs is 1. The molecule has 4 fully saturated rings. The standard InChI is InChI=1S/C34H40FN3O4/c1-2-3-12-37(33(41)36-34-16-24-13-25(17-34)15-26(14-24)18-34)21-31(39)38(19-23-8-10-28(35)11-9-23)20-27-22-42-30-7-5-4-6-29(30)32(27)40/h4-11,22,24-26H,2-3,12-21H2,1H3,(H,36,41). The van der Waals surface area contributed by atoms with E-state index in [1.165, 1.54) is 37.7 Å². The Morgan fingerprint density at radius 2 is 1.62 bits per heavy atom. The molecule has 1 heterocycles. The average molecular weight is 574 g/mol. The first-order valence-electron chi connectivity index (χ1n) is 15.4. The molecule has 8 heteroatoms. The summed E-state index contributed by atoms with van der Waals surface area (Å²) in [6.45, 7) is 2.63.